The summed E-state index contributed by atoms with van der Waals surface area (Å²) >= 11 is 0. The molecule has 0 radical (unpaired) electrons. The van der Waals surface area contributed by atoms with Crippen molar-refractivity contribution >= 4 is 18.3 Å². The Morgan fingerprint density at radius 3 is 2.84 bits per heavy atom. The van der Waals surface area contributed by atoms with E-state index in [0.29, 0.717) is 19.1 Å². The molecule has 1 saturated heterocycles. The summed E-state index contributed by atoms with van der Waals surface area (Å²) in [6, 6.07) is 9.98. The Morgan fingerprint density at radius 1 is 1.42 bits per heavy atom. The van der Waals surface area contributed by atoms with Crippen LogP contribution >= 0.6 is 12.4 Å². The number of para-hydroxylation sites is 1. The van der Waals surface area contributed by atoms with Crippen molar-refractivity contribution in [1.29, 1.82) is 0 Å². The van der Waals surface area contributed by atoms with Gasteiger partial charge in [-0.05, 0) is 19.1 Å². The smallest absolute Gasteiger partial charge is 0.226 e. The van der Waals surface area contributed by atoms with Crippen LogP contribution in [0.4, 0.5) is 0 Å². The van der Waals surface area contributed by atoms with E-state index in [1.807, 2.05) is 35.2 Å². The third kappa shape index (κ3) is 5.09. The largest absolute Gasteiger partial charge is 0.493 e. The molecule has 1 aromatic carbocycles. The van der Waals surface area contributed by atoms with Crippen molar-refractivity contribution < 1.29 is 9.53 Å². The molecular formula is C14H21ClN2O2. The maximum Gasteiger partial charge on any atom is 0.226 e. The van der Waals surface area contributed by atoms with Gasteiger partial charge in [-0.2, -0.15) is 0 Å². The number of nitrogens with one attached hydrogen (secondary N) is 1. The zero-order valence-corrected chi connectivity index (χ0v) is 12.0. The summed E-state index contributed by atoms with van der Waals surface area (Å²) in [7, 11) is 0. The lowest BCUT2D eigenvalue weighted by molar-refractivity contribution is -0.132. The zero-order chi connectivity index (χ0) is 12.8. The molecule has 1 aromatic rings. The number of hydrogen-bond acceptors (Lipinski definition) is 3. The van der Waals surface area contributed by atoms with E-state index in [1.54, 1.807) is 0 Å². The molecule has 1 atom stereocenters. The summed E-state index contributed by atoms with van der Waals surface area (Å²) in [6.45, 7) is 5.02. The van der Waals surface area contributed by atoms with E-state index in [2.05, 4.69) is 12.2 Å². The number of nitrogens with zero attached hydrogens (tertiary/aromatic N) is 1. The second kappa shape index (κ2) is 8.02. The highest BCUT2D eigenvalue weighted by Crippen LogP contribution is 2.09. The Morgan fingerprint density at radius 2 is 2.16 bits per heavy atom. The second-order valence-corrected chi connectivity index (χ2v) is 4.61. The van der Waals surface area contributed by atoms with E-state index in [0.717, 1.165) is 25.4 Å². The van der Waals surface area contributed by atoms with Crippen molar-refractivity contribution in [2.75, 3.05) is 26.2 Å². The molecule has 0 bridgehead atoms. The highest BCUT2D eigenvalue weighted by atomic mass is 35.5. The van der Waals surface area contributed by atoms with Gasteiger partial charge < -0.3 is 15.0 Å². The minimum Gasteiger partial charge on any atom is -0.493 e. The van der Waals surface area contributed by atoms with E-state index in [-0.39, 0.29) is 18.3 Å². The predicted octanol–water partition coefficient (Wildman–Crippen LogP) is 1.70. The van der Waals surface area contributed by atoms with Crippen LogP contribution in [0.3, 0.4) is 0 Å². The van der Waals surface area contributed by atoms with Gasteiger partial charge >= 0.3 is 0 Å². The van der Waals surface area contributed by atoms with E-state index >= 15 is 0 Å². The summed E-state index contributed by atoms with van der Waals surface area (Å²) in [6.07, 6.45) is 0.446. The van der Waals surface area contributed by atoms with Crippen molar-refractivity contribution in [2.24, 2.45) is 0 Å². The monoisotopic (exact) mass is 284 g/mol. The van der Waals surface area contributed by atoms with Gasteiger partial charge in [0.05, 0.1) is 13.0 Å². The molecule has 0 saturated carbocycles. The molecule has 1 heterocycles. The molecule has 1 aliphatic rings. The number of benzene rings is 1. The fraction of sp³-hybridized carbons (Fsp3) is 0.500. The maximum atomic E-state index is 12.0. The Hall–Kier alpha value is -1.26. The SMILES string of the molecule is CC1CN(C(=O)CCOc2ccccc2)CCN1.Cl. The molecule has 106 valence electrons. The lowest BCUT2D eigenvalue weighted by atomic mass is 10.2. The minimum atomic E-state index is 0. The second-order valence-electron chi connectivity index (χ2n) is 4.61. The number of rotatable bonds is 4. The van der Waals surface area contributed by atoms with Gasteiger partial charge in [0.2, 0.25) is 5.91 Å². The third-order valence-corrected chi connectivity index (χ3v) is 3.05. The number of halogens is 1. The summed E-state index contributed by atoms with van der Waals surface area (Å²) in [5.41, 5.74) is 0. The standard InChI is InChI=1S/C14H20N2O2.ClH/c1-12-11-16(9-8-15-12)14(17)7-10-18-13-5-3-2-4-6-13;/h2-6,12,15H,7-11H2,1H3;1H. The molecule has 0 aromatic heterocycles. The highest BCUT2D eigenvalue weighted by Gasteiger charge is 2.19. The van der Waals surface area contributed by atoms with Crippen LogP contribution in [0.2, 0.25) is 0 Å². The molecule has 2 rings (SSSR count). The van der Waals surface area contributed by atoms with Crippen LogP contribution in [0.1, 0.15) is 13.3 Å². The Balaban J connectivity index is 0.00000180. The Labute approximate surface area is 120 Å². The molecule has 5 heteroatoms. The number of carbonyl (C=O) groups excluding carboxylic acids is 1. The molecule has 1 N–H and O–H groups in total. The average Bonchev–Trinajstić information content (AvgIpc) is 2.40. The normalized spacial score (nSPS) is 18.6. The first kappa shape index (κ1) is 15.8. The quantitative estimate of drug-likeness (QED) is 0.915. The van der Waals surface area contributed by atoms with Crippen molar-refractivity contribution in [2.45, 2.75) is 19.4 Å². The van der Waals surface area contributed by atoms with Crippen LogP contribution in [0.15, 0.2) is 30.3 Å². The number of hydrogen-bond donors (Lipinski definition) is 1. The van der Waals surface area contributed by atoms with E-state index in [1.165, 1.54) is 0 Å². The van der Waals surface area contributed by atoms with Crippen molar-refractivity contribution in [3.63, 3.8) is 0 Å². The van der Waals surface area contributed by atoms with Crippen molar-refractivity contribution in [1.82, 2.24) is 10.2 Å². The first-order valence-electron chi connectivity index (χ1n) is 6.45. The zero-order valence-electron chi connectivity index (χ0n) is 11.2. The van der Waals surface area contributed by atoms with Crippen LogP contribution < -0.4 is 10.1 Å². The number of amides is 1. The van der Waals surface area contributed by atoms with E-state index in [9.17, 15) is 4.79 Å². The topological polar surface area (TPSA) is 41.6 Å². The van der Waals surface area contributed by atoms with E-state index in [4.69, 9.17) is 4.74 Å². The van der Waals surface area contributed by atoms with Crippen LogP contribution in [0, 0.1) is 0 Å². The molecule has 1 unspecified atom stereocenters. The number of piperazine rings is 1. The van der Waals surface area contributed by atoms with Gasteiger partial charge in [0.1, 0.15) is 5.75 Å². The van der Waals surface area contributed by atoms with Gasteiger partial charge in [0, 0.05) is 25.7 Å². The summed E-state index contributed by atoms with van der Waals surface area (Å²) < 4.78 is 5.53. The minimum absolute atomic E-state index is 0. The fourth-order valence-corrected chi connectivity index (χ4v) is 2.09. The van der Waals surface area contributed by atoms with Crippen LogP contribution in [0.25, 0.3) is 0 Å². The van der Waals surface area contributed by atoms with Crippen LogP contribution in [-0.2, 0) is 4.79 Å². The average molecular weight is 285 g/mol. The highest BCUT2D eigenvalue weighted by molar-refractivity contribution is 5.85. The lowest BCUT2D eigenvalue weighted by Gasteiger charge is -2.31. The first-order chi connectivity index (χ1) is 8.75. The molecule has 4 nitrogen and oxygen atoms in total. The maximum absolute atomic E-state index is 12.0. The summed E-state index contributed by atoms with van der Waals surface area (Å²) in [5, 5.41) is 3.32. The van der Waals surface area contributed by atoms with Crippen molar-refractivity contribution in [3.8, 4) is 5.75 Å². The van der Waals surface area contributed by atoms with Gasteiger partial charge in [-0.1, -0.05) is 18.2 Å². The van der Waals surface area contributed by atoms with E-state index < -0.39 is 0 Å². The Kier molecular flexibility index (Phi) is 6.67. The van der Waals surface area contributed by atoms with Gasteiger partial charge in [-0.3, -0.25) is 4.79 Å². The molecule has 1 amide bonds. The molecule has 1 aliphatic heterocycles. The summed E-state index contributed by atoms with van der Waals surface area (Å²) in [5.74, 6) is 0.998. The van der Waals surface area contributed by atoms with Crippen molar-refractivity contribution in [3.05, 3.63) is 30.3 Å². The predicted molar refractivity (Wildman–Crippen MR) is 77.8 cm³/mol. The number of ether oxygens (including phenoxy) is 1. The lowest BCUT2D eigenvalue weighted by Crippen LogP contribution is -2.51. The Bertz CT molecular complexity index is 386. The van der Waals surface area contributed by atoms with Crippen LogP contribution in [0.5, 0.6) is 5.75 Å². The molecule has 0 aliphatic carbocycles. The molecule has 0 spiro atoms. The van der Waals surface area contributed by atoms with Gasteiger partial charge in [-0.15, -0.1) is 12.4 Å². The molecule has 1 fully saturated rings. The third-order valence-electron chi connectivity index (χ3n) is 3.05. The molecule has 19 heavy (non-hydrogen) atoms. The van der Waals surface area contributed by atoms with Gasteiger partial charge in [-0.25, -0.2) is 0 Å². The van der Waals surface area contributed by atoms with Gasteiger partial charge in [0.25, 0.3) is 0 Å². The summed E-state index contributed by atoms with van der Waals surface area (Å²) in [4.78, 5) is 13.9. The number of carbonyl (C=O) groups is 1. The van der Waals surface area contributed by atoms with Crippen LogP contribution in [-0.4, -0.2) is 43.1 Å². The fourth-order valence-electron chi connectivity index (χ4n) is 2.09. The van der Waals surface area contributed by atoms with Gasteiger partial charge in [0.15, 0.2) is 0 Å². The molecular weight excluding hydrogens is 264 g/mol. The first-order valence-corrected chi connectivity index (χ1v) is 6.45.